The maximum atomic E-state index is 6.34. The first-order valence-corrected chi connectivity index (χ1v) is 20.3. The number of hydrogen-bond acceptors (Lipinski definition) is 1. The lowest BCUT2D eigenvalue weighted by Crippen LogP contribution is -2.43. The van der Waals surface area contributed by atoms with Crippen LogP contribution in [0.4, 0.5) is 0 Å². The van der Waals surface area contributed by atoms with Crippen molar-refractivity contribution < 1.29 is 4.42 Å². The van der Waals surface area contributed by atoms with E-state index in [1.54, 1.807) is 0 Å². The number of aromatic nitrogens is 1. The highest BCUT2D eigenvalue weighted by Gasteiger charge is 2.59. The van der Waals surface area contributed by atoms with Crippen LogP contribution in [-0.2, 0) is 10.8 Å². The van der Waals surface area contributed by atoms with Crippen molar-refractivity contribution in [3.8, 4) is 27.9 Å². The molecule has 2 spiro atoms. The molecular weight excluding hydrogens is 703 g/mol. The van der Waals surface area contributed by atoms with E-state index in [2.05, 4.69) is 199 Å². The summed E-state index contributed by atoms with van der Waals surface area (Å²) >= 11 is 0. The number of benzene rings is 9. The molecule has 0 N–H and O–H groups in total. The highest BCUT2D eigenvalue weighted by molar-refractivity contribution is 6.17. The van der Waals surface area contributed by atoms with Gasteiger partial charge in [-0.15, -0.1) is 0 Å². The van der Waals surface area contributed by atoms with Crippen LogP contribution in [0.1, 0.15) is 44.5 Å². The van der Waals surface area contributed by atoms with Gasteiger partial charge in [0, 0.05) is 32.8 Å². The molecule has 2 nitrogen and oxygen atoms in total. The minimum Gasteiger partial charge on any atom is -0.456 e. The van der Waals surface area contributed by atoms with Crippen molar-refractivity contribution in [2.24, 2.45) is 0 Å². The molecular formula is C56H33NO. The highest BCUT2D eigenvalue weighted by atomic mass is 16.3. The van der Waals surface area contributed by atoms with Crippen LogP contribution in [0, 0.1) is 0 Å². The molecule has 11 aromatic rings. The minimum atomic E-state index is -0.559. The zero-order valence-corrected chi connectivity index (χ0v) is 31.4. The van der Waals surface area contributed by atoms with Crippen molar-refractivity contribution in [2.45, 2.75) is 10.8 Å². The lowest BCUT2D eigenvalue weighted by molar-refractivity contribution is 0.633. The van der Waals surface area contributed by atoms with E-state index in [0.717, 1.165) is 27.6 Å². The van der Waals surface area contributed by atoms with Gasteiger partial charge in [0.1, 0.15) is 11.2 Å². The normalized spacial score (nSPS) is 14.8. The molecule has 3 aliphatic rings. The molecule has 0 aliphatic heterocycles. The zero-order valence-electron chi connectivity index (χ0n) is 31.4. The topological polar surface area (TPSA) is 18.1 Å². The monoisotopic (exact) mass is 735 g/mol. The average molecular weight is 736 g/mol. The van der Waals surface area contributed by atoms with Crippen molar-refractivity contribution >= 4 is 43.7 Å². The number of furan rings is 1. The Kier molecular flexibility index (Phi) is 5.67. The summed E-state index contributed by atoms with van der Waals surface area (Å²) in [5.41, 5.74) is 20.3. The van der Waals surface area contributed by atoms with E-state index in [0.29, 0.717) is 0 Å². The van der Waals surface area contributed by atoms with Crippen LogP contribution in [0.5, 0.6) is 0 Å². The van der Waals surface area contributed by atoms with E-state index in [-0.39, 0.29) is 0 Å². The summed E-state index contributed by atoms with van der Waals surface area (Å²) in [5.74, 6) is 0. The Morgan fingerprint density at radius 3 is 1.47 bits per heavy atom. The fourth-order valence-electron chi connectivity index (χ4n) is 11.9. The van der Waals surface area contributed by atoms with Crippen LogP contribution < -0.4 is 0 Å². The summed E-state index contributed by atoms with van der Waals surface area (Å²) in [6.45, 7) is 0. The summed E-state index contributed by atoms with van der Waals surface area (Å²) in [6, 6.07) is 75.0. The maximum absolute atomic E-state index is 6.34. The molecule has 58 heavy (non-hydrogen) atoms. The molecule has 3 aliphatic carbocycles. The Morgan fingerprint density at radius 1 is 0.328 bits per heavy atom. The highest BCUT2D eigenvalue weighted by Crippen LogP contribution is 2.68. The first-order chi connectivity index (χ1) is 28.8. The lowest BCUT2D eigenvalue weighted by Gasteiger charge is -2.48. The number of nitrogens with zero attached hydrogens (tertiary/aromatic N) is 1. The van der Waals surface area contributed by atoms with E-state index in [9.17, 15) is 0 Å². The summed E-state index contributed by atoms with van der Waals surface area (Å²) in [5, 5.41) is 4.76. The molecule has 2 heterocycles. The van der Waals surface area contributed by atoms with Crippen molar-refractivity contribution in [3.05, 3.63) is 245 Å². The van der Waals surface area contributed by atoms with Crippen molar-refractivity contribution in [1.82, 2.24) is 4.57 Å². The fourth-order valence-corrected chi connectivity index (χ4v) is 11.9. The Morgan fingerprint density at radius 2 is 0.810 bits per heavy atom. The summed E-state index contributed by atoms with van der Waals surface area (Å²) in [6.07, 6.45) is 0. The molecule has 9 aromatic carbocycles. The fraction of sp³-hybridized carbons (Fsp3) is 0.0357. The predicted octanol–water partition coefficient (Wildman–Crippen LogP) is 13.7. The first-order valence-electron chi connectivity index (χ1n) is 20.3. The molecule has 0 unspecified atom stereocenters. The third-order valence-corrected chi connectivity index (χ3v) is 13.9. The van der Waals surface area contributed by atoms with Gasteiger partial charge in [-0.3, -0.25) is 0 Å². The number of fused-ring (bicyclic) bond motifs is 23. The Bertz CT molecular complexity index is 3500. The van der Waals surface area contributed by atoms with E-state index in [1.165, 1.54) is 88.6 Å². The smallest absolute Gasteiger partial charge is 0.135 e. The summed E-state index contributed by atoms with van der Waals surface area (Å²) in [7, 11) is 0. The second-order valence-corrected chi connectivity index (χ2v) is 16.2. The largest absolute Gasteiger partial charge is 0.456 e. The van der Waals surface area contributed by atoms with E-state index >= 15 is 0 Å². The minimum absolute atomic E-state index is 0.467. The van der Waals surface area contributed by atoms with Crippen molar-refractivity contribution in [2.75, 3.05) is 0 Å². The third-order valence-electron chi connectivity index (χ3n) is 13.9. The van der Waals surface area contributed by atoms with Gasteiger partial charge in [0.2, 0.25) is 0 Å². The van der Waals surface area contributed by atoms with Gasteiger partial charge in [0.15, 0.2) is 0 Å². The van der Waals surface area contributed by atoms with Crippen LogP contribution in [-0.4, -0.2) is 4.57 Å². The van der Waals surface area contributed by atoms with Crippen LogP contribution in [0.3, 0.4) is 0 Å². The molecule has 0 bridgehead atoms. The third kappa shape index (κ3) is 3.41. The van der Waals surface area contributed by atoms with Gasteiger partial charge >= 0.3 is 0 Å². The van der Waals surface area contributed by atoms with E-state index in [1.807, 2.05) is 6.07 Å². The lowest BCUT2D eigenvalue weighted by atomic mass is 9.52. The summed E-state index contributed by atoms with van der Waals surface area (Å²) < 4.78 is 8.86. The molecule has 0 radical (unpaired) electrons. The molecule has 268 valence electrons. The molecule has 0 saturated heterocycles. The Labute approximate surface area is 334 Å². The average Bonchev–Trinajstić information content (AvgIpc) is 4.00. The summed E-state index contributed by atoms with van der Waals surface area (Å²) in [4.78, 5) is 0. The molecule has 14 rings (SSSR count). The van der Waals surface area contributed by atoms with Crippen molar-refractivity contribution in [3.63, 3.8) is 0 Å². The quantitative estimate of drug-likeness (QED) is 0.164. The van der Waals surface area contributed by atoms with Crippen LogP contribution in [0.2, 0.25) is 0 Å². The molecule has 0 amide bonds. The van der Waals surface area contributed by atoms with Gasteiger partial charge in [-0.05, 0) is 91.5 Å². The number of rotatable bonds is 1. The molecule has 2 aromatic heterocycles. The Balaban J connectivity index is 1.15. The van der Waals surface area contributed by atoms with Crippen LogP contribution in [0.25, 0.3) is 71.7 Å². The molecule has 0 fully saturated rings. The second-order valence-electron chi connectivity index (χ2n) is 16.2. The molecule has 2 heteroatoms. The van der Waals surface area contributed by atoms with Crippen LogP contribution >= 0.6 is 0 Å². The van der Waals surface area contributed by atoms with E-state index < -0.39 is 10.8 Å². The number of hydrogen-bond donors (Lipinski definition) is 0. The van der Waals surface area contributed by atoms with Gasteiger partial charge in [-0.1, -0.05) is 170 Å². The Hall–Kier alpha value is -7.42. The van der Waals surface area contributed by atoms with E-state index in [4.69, 9.17) is 4.42 Å². The van der Waals surface area contributed by atoms with Gasteiger partial charge < -0.3 is 8.98 Å². The van der Waals surface area contributed by atoms with Gasteiger partial charge in [-0.2, -0.15) is 0 Å². The van der Waals surface area contributed by atoms with Gasteiger partial charge in [0.25, 0.3) is 0 Å². The number of para-hydroxylation sites is 2. The van der Waals surface area contributed by atoms with Gasteiger partial charge in [-0.25, -0.2) is 0 Å². The molecule has 0 atom stereocenters. The SMILES string of the molecule is c1ccc2c(c1)-c1ccccc1C21c2ccccc2C2(c3ccccc3-c3c2ccc2c4ccccc4n(-c4ccc5oc6ccccc6c5c4)c32)c2ccccc21. The first kappa shape index (κ1) is 30.8. The van der Waals surface area contributed by atoms with Crippen molar-refractivity contribution in [1.29, 1.82) is 0 Å². The second kappa shape index (κ2) is 10.7. The standard InChI is InChI=1S/C56H33NO/c1-6-20-42-35(15-1)36-16-2-7-21-43(36)55(42)45-23-9-11-25-47(45)56(48-26-12-10-24-46(48)55)44-22-8-3-19-40(44)53-49(56)31-30-39-37-17-4-13-27-50(37)57(54(39)53)34-29-32-52-41(33-34)38-18-5-14-28-51(38)58-52/h1-33H. The van der Waals surface area contributed by atoms with Gasteiger partial charge in [0.05, 0.1) is 21.9 Å². The maximum Gasteiger partial charge on any atom is 0.135 e. The zero-order chi connectivity index (χ0) is 37.7. The molecule has 0 saturated carbocycles. The predicted molar refractivity (Wildman–Crippen MR) is 236 cm³/mol. The van der Waals surface area contributed by atoms with Crippen LogP contribution in [0.15, 0.2) is 205 Å².